The highest BCUT2D eigenvalue weighted by molar-refractivity contribution is 5.45. The molecule has 0 aliphatic carbocycles. The summed E-state index contributed by atoms with van der Waals surface area (Å²) in [6, 6.07) is 15.3. The van der Waals surface area contributed by atoms with Crippen molar-refractivity contribution in [2.45, 2.75) is 6.92 Å². The molecule has 0 aromatic heterocycles. The van der Waals surface area contributed by atoms with E-state index in [1.165, 1.54) is 5.56 Å². The summed E-state index contributed by atoms with van der Waals surface area (Å²) >= 11 is 0. The first-order valence-electron chi connectivity index (χ1n) is 5.65. The van der Waals surface area contributed by atoms with E-state index in [9.17, 15) is 0 Å². The summed E-state index contributed by atoms with van der Waals surface area (Å²) in [6.07, 6.45) is 0. The molecule has 0 aliphatic rings. The third kappa shape index (κ3) is 3.31. The quantitative estimate of drug-likeness (QED) is 0.646. The molecule has 0 unspecified atom stereocenters. The van der Waals surface area contributed by atoms with E-state index in [4.69, 9.17) is 4.74 Å². The maximum absolute atomic E-state index is 5.07. The van der Waals surface area contributed by atoms with E-state index in [0.29, 0.717) is 0 Å². The molecular formula is C14H15N3O. The zero-order valence-electron chi connectivity index (χ0n) is 10.4. The van der Waals surface area contributed by atoms with Gasteiger partial charge < -0.3 is 4.74 Å². The molecule has 0 fully saturated rings. The average molecular weight is 241 g/mol. The lowest BCUT2D eigenvalue weighted by Gasteiger charge is -2.01. The number of ether oxygens (including phenoxy) is 1. The van der Waals surface area contributed by atoms with Crippen molar-refractivity contribution in [3.63, 3.8) is 0 Å². The average Bonchev–Trinajstić information content (AvgIpc) is 2.42. The van der Waals surface area contributed by atoms with Crippen molar-refractivity contribution in [3.8, 4) is 5.75 Å². The zero-order chi connectivity index (χ0) is 12.8. The number of hydrogen-bond donors (Lipinski definition) is 1. The second-order valence-electron chi connectivity index (χ2n) is 3.88. The fourth-order valence-electron chi connectivity index (χ4n) is 1.42. The van der Waals surface area contributed by atoms with Gasteiger partial charge in [0.1, 0.15) is 5.75 Å². The number of aryl methyl sites for hydroxylation is 1. The maximum atomic E-state index is 5.07. The molecule has 0 atom stereocenters. The number of nitrogens with zero attached hydrogens (tertiary/aromatic N) is 2. The topological polar surface area (TPSA) is 46.0 Å². The van der Waals surface area contributed by atoms with Gasteiger partial charge in [-0.25, -0.2) is 0 Å². The molecule has 4 nitrogen and oxygen atoms in total. The summed E-state index contributed by atoms with van der Waals surface area (Å²) in [5, 5.41) is 8.00. The Bertz CT molecular complexity index is 518. The van der Waals surface area contributed by atoms with Gasteiger partial charge in [-0.15, -0.1) is 5.11 Å². The third-order valence-corrected chi connectivity index (χ3v) is 2.47. The SMILES string of the molecule is COc1ccc(NN=Nc2ccc(C)cc2)cc1. The van der Waals surface area contributed by atoms with Crippen LogP contribution in [0.3, 0.4) is 0 Å². The molecule has 0 bridgehead atoms. The van der Waals surface area contributed by atoms with Crippen molar-refractivity contribution >= 4 is 11.4 Å². The summed E-state index contributed by atoms with van der Waals surface area (Å²) < 4.78 is 5.07. The van der Waals surface area contributed by atoms with Crippen LogP contribution in [0.1, 0.15) is 5.56 Å². The fourth-order valence-corrected chi connectivity index (χ4v) is 1.42. The molecule has 4 heteroatoms. The highest BCUT2D eigenvalue weighted by atomic mass is 16.5. The molecule has 1 N–H and O–H groups in total. The normalized spacial score (nSPS) is 10.6. The predicted octanol–water partition coefficient (Wildman–Crippen LogP) is 4.11. The van der Waals surface area contributed by atoms with Gasteiger partial charge in [0.15, 0.2) is 0 Å². The second-order valence-corrected chi connectivity index (χ2v) is 3.88. The van der Waals surface area contributed by atoms with Crippen LogP contribution in [-0.4, -0.2) is 7.11 Å². The van der Waals surface area contributed by atoms with Crippen LogP contribution >= 0.6 is 0 Å². The Kier molecular flexibility index (Phi) is 3.91. The summed E-state index contributed by atoms with van der Waals surface area (Å²) in [5.41, 5.74) is 5.76. The van der Waals surface area contributed by atoms with Crippen LogP contribution in [0.2, 0.25) is 0 Å². The molecule has 18 heavy (non-hydrogen) atoms. The molecule has 0 saturated heterocycles. The number of anilines is 1. The van der Waals surface area contributed by atoms with Crippen LogP contribution in [0.25, 0.3) is 0 Å². The molecule has 2 rings (SSSR count). The Morgan fingerprint density at radius 2 is 1.61 bits per heavy atom. The number of hydrogen-bond acceptors (Lipinski definition) is 3. The van der Waals surface area contributed by atoms with Gasteiger partial charge >= 0.3 is 0 Å². The minimum atomic E-state index is 0.816. The van der Waals surface area contributed by atoms with Crippen LogP contribution in [0.4, 0.5) is 11.4 Å². The van der Waals surface area contributed by atoms with E-state index in [0.717, 1.165) is 17.1 Å². The number of methoxy groups -OCH3 is 1. The van der Waals surface area contributed by atoms with Crippen LogP contribution in [0.15, 0.2) is 58.9 Å². The van der Waals surface area contributed by atoms with Gasteiger partial charge in [-0.2, -0.15) is 0 Å². The second kappa shape index (κ2) is 5.82. The van der Waals surface area contributed by atoms with Gasteiger partial charge in [0, 0.05) is 0 Å². The maximum Gasteiger partial charge on any atom is 0.119 e. The number of nitrogens with one attached hydrogen (secondary N) is 1. The first-order valence-corrected chi connectivity index (χ1v) is 5.65. The molecular weight excluding hydrogens is 226 g/mol. The van der Waals surface area contributed by atoms with E-state index in [-0.39, 0.29) is 0 Å². The highest BCUT2D eigenvalue weighted by Gasteiger charge is 1.92. The molecule has 0 spiro atoms. The van der Waals surface area contributed by atoms with Crippen LogP contribution in [0, 0.1) is 6.92 Å². The minimum absolute atomic E-state index is 0.816. The van der Waals surface area contributed by atoms with Crippen LogP contribution in [-0.2, 0) is 0 Å². The number of rotatable bonds is 4. The molecule has 2 aromatic carbocycles. The molecule has 0 amide bonds. The Morgan fingerprint density at radius 1 is 0.944 bits per heavy atom. The van der Waals surface area contributed by atoms with Gasteiger partial charge in [0.05, 0.1) is 18.5 Å². The Labute approximate surface area is 106 Å². The van der Waals surface area contributed by atoms with Crippen molar-refractivity contribution < 1.29 is 4.74 Å². The Hall–Kier alpha value is -2.36. The van der Waals surface area contributed by atoms with Gasteiger partial charge in [0.25, 0.3) is 0 Å². The third-order valence-electron chi connectivity index (χ3n) is 2.47. The van der Waals surface area contributed by atoms with Crippen molar-refractivity contribution in [2.75, 3.05) is 12.5 Å². The van der Waals surface area contributed by atoms with Crippen LogP contribution < -0.4 is 10.2 Å². The molecule has 0 aliphatic heterocycles. The fraction of sp³-hybridized carbons (Fsp3) is 0.143. The van der Waals surface area contributed by atoms with Crippen molar-refractivity contribution in [2.24, 2.45) is 10.3 Å². The standard InChI is InChI=1S/C14H15N3O/c1-11-3-5-12(6-4-11)15-17-16-13-7-9-14(18-2)10-8-13/h3-10H,1-2H3,(H,15,16). The van der Waals surface area contributed by atoms with Gasteiger partial charge in [-0.1, -0.05) is 22.9 Å². The first kappa shape index (κ1) is 12.1. The lowest BCUT2D eigenvalue weighted by atomic mass is 10.2. The Balaban J connectivity index is 1.95. The molecule has 92 valence electrons. The summed E-state index contributed by atoms with van der Waals surface area (Å²) in [4.78, 5) is 0. The van der Waals surface area contributed by atoms with Gasteiger partial charge in [-0.05, 0) is 43.3 Å². The molecule has 0 radical (unpaired) electrons. The summed E-state index contributed by atoms with van der Waals surface area (Å²) in [6.45, 7) is 2.04. The lowest BCUT2D eigenvalue weighted by Crippen LogP contribution is -1.87. The van der Waals surface area contributed by atoms with Crippen molar-refractivity contribution in [3.05, 3.63) is 54.1 Å². The van der Waals surface area contributed by atoms with Gasteiger partial charge in [-0.3, -0.25) is 5.43 Å². The van der Waals surface area contributed by atoms with Crippen LogP contribution in [0.5, 0.6) is 5.75 Å². The summed E-state index contributed by atoms with van der Waals surface area (Å²) in [7, 11) is 1.64. The van der Waals surface area contributed by atoms with E-state index in [1.807, 2.05) is 55.5 Å². The largest absolute Gasteiger partial charge is 0.497 e. The first-order chi connectivity index (χ1) is 8.78. The smallest absolute Gasteiger partial charge is 0.119 e. The molecule has 2 aromatic rings. The minimum Gasteiger partial charge on any atom is -0.497 e. The van der Waals surface area contributed by atoms with Crippen molar-refractivity contribution in [1.29, 1.82) is 0 Å². The van der Waals surface area contributed by atoms with E-state index >= 15 is 0 Å². The monoisotopic (exact) mass is 241 g/mol. The molecule has 0 heterocycles. The highest BCUT2D eigenvalue weighted by Crippen LogP contribution is 2.16. The predicted molar refractivity (Wildman–Crippen MR) is 72.3 cm³/mol. The summed E-state index contributed by atoms with van der Waals surface area (Å²) in [5.74, 6) is 0.816. The lowest BCUT2D eigenvalue weighted by molar-refractivity contribution is 0.415. The van der Waals surface area contributed by atoms with E-state index in [2.05, 4.69) is 15.8 Å². The molecule has 0 saturated carbocycles. The van der Waals surface area contributed by atoms with Gasteiger partial charge in [0.2, 0.25) is 0 Å². The number of benzene rings is 2. The van der Waals surface area contributed by atoms with Crippen molar-refractivity contribution in [1.82, 2.24) is 0 Å². The Morgan fingerprint density at radius 3 is 2.22 bits per heavy atom. The van der Waals surface area contributed by atoms with E-state index < -0.39 is 0 Å². The van der Waals surface area contributed by atoms with E-state index in [1.54, 1.807) is 7.11 Å². The zero-order valence-corrected chi connectivity index (χ0v) is 10.4.